The Kier molecular flexibility index (Phi) is 7.89. The summed E-state index contributed by atoms with van der Waals surface area (Å²) in [4.78, 5) is 6.21. The van der Waals surface area contributed by atoms with E-state index in [1.54, 1.807) is 12.1 Å². The molecule has 0 aliphatic carbocycles. The molecule has 23 heavy (non-hydrogen) atoms. The number of guanidine groups is 1. The van der Waals surface area contributed by atoms with E-state index >= 15 is 0 Å². The Balaban J connectivity index is 0.00000264. The molecule has 0 unspecified atom stereocenters. The fraction of sp³-hybridized carbons (Fsp3) is 0.500. The third kappa shape index (κ3) is 7.25. The van der Waals surface area contributed by atoms with Crippen LogP contribution in [0.15, 0.2) is 29.3 Å². The van der Waals surface area contributed by atoms with Gasteiger partial charge >= 0.3 is 6.18 Å². The van der Waals surface area contributed by atoms with Crippen LogP contribution in [0.1, 0.15) is 5.56 Å². The second-order valence-corrected chi connectivity index (χ2v) is 4.82. The van der Waals surface area contributed by atoms with Crippen molar-refractivity contribution in [2.45, 2.75) is 12.7 Å². The monoisotopic (exact) mass is 445 g/mol. The van der Waals surface area contributed by atoms with Crippen molar-refractivity contribution in [1.82, 2.24) is 4.90 Å². The van der Waals surface area contributed by atoms with Crippen LogP contribution >= 0.6 is 24.0 Å². The summed E-state index contributed by atoms with van der Waals surface area (Å²) in [6, 6.07) is 6.31. The van der Waals surface area contributed by atoms with Crippen LogP contribution in [0.4, 0.5) is 13.2 Å². The highest BCUT2D eigenvalue weighted by Gasteiger charge is 2.28. The minimum absolute atomic E-state index is 0. The van der Waals surface area contributed by atoms with Gasteiger partial charge in [-0.15, -0.1) is 24.0 Å². The molecule has 1 aliphatic rings. The number of hydrogen-bond acceptors (Lipinski definition) is 3. The number of nitrogens with zero attached hydrogens (tertiary/aromatic N) is 2. The highest BCUT2D eigenvalue weighted by atomic mass is 127. The molecule has 0 radical (unpaired) electrons. The largest absolute Gasteiger partial charge is 0.484 e. The molecule has 1 aromatic rings. The molecule has 0 amide bonds. The van der Waals surface area contributed by atoms with E-state index in [4.69, 9.17) is 10.5 Å². The first-order chi connectivity index (χ1) is 10.4. The Bertz CT molecular complexity index is 503. The molecular weight excluding hydrogens is 426 g/mol. The molecule has 0 atom stereocenters. The second kappa shape index (κ2) is 9.16. The van der Waals surface area contributed by atoms with Crippen molar-refractivity contribution in [2.24, 2.45) is 10.7 Å². The molecule has 2 N–H and O–H groups in total. The first-order valence-electron chi connectivity index (χ1n) is 6.85. The average molecular weight is 445 g/mol. The molecule has 9 heteroatoms. The summed E-state index contributed by atoms with van der Waals surface area (Å²) in [7, 11) is 0. The van der Waals surface area contributed by atoms with Gasteiger partial charge in [-0.1, -0.05) is 12.1 Å². The van der Waals surface area contributed by atoms with Crippen molar-refractivity contribution in [3.8, 4) is 5.75 Å². The van der Waals surface area contributed by atoms with Crippen LogP contribution in [-0.2, 0) is 11.3 Å². The quantitative estimate of drug-likeness (QED) is 0.440. The smallest absolute Gasteiger partial charge is 0.422 e. The lowest BCUT2D eigenvalue weighted by Crippen LogP contribution is -2.44. The molecule has 1 saturated heterocycles. The van der Waals surface area contributed by atoms with Crippen molar-refractivity contribution in [2.75, 3.05) is 32.9 Å². The molecule has 0 spiro atoms. The molecule has 130 valence electrons. The van der Waals surface area contributed by atoms with Crippen LogP contribution in [0.2, 0.25) is 0 Å². The van der Waals surface area contributed by atoms with E-state index in [9.17, 15) is 13.2 Å². The normalized spacial score (nSPS) is 16.0. The van der Waals surface area contributed by atoms with Crippen LogP contribution in [0.3, 0.4) is 0 Å². The van der Waals surface area contributed by atoms with Crippen LogP contribution in [0.5, 0.6) is 5.75 Å². The molecule has 1 heterocycles. The van der Waals surface area contributed by atoms with E-state index in [1.165, 1.54) is 12.1 Å². The first-order valence-corrected chi connectivity index (χ1v) is 6.85. The lowest BCUT2D eigenvalue weighted by Gasteiger charge is -2.27. The predicted molar refractivity (Wildman–Crippen MR) is 91.1 cm³/mol. The van der Waals surface area contributed by atoms with Crippen molar-refractivity contribution in [1.29, 1.82) is 0 Å². The van der Waals surface area contributed by atoms with Gasteiger partial charge in [0.25, 0.3) is 0 Å². The van der Waals surface area contributed by atoms with Crippen LogP contribution in [0, 0.1) is 0 Å². The number of rotatable bonds is 4. The zero-order chi connectivity index (χ0) is 16.0. The fourth-order valence-electron chi connectivity index (χ4n) is 1.92. The second-order valence-electron chi connectivity index (χ2n) is 4.82. The number of hydrogen-bond donors (Lipinski definition) is 1. The summed E-state index contributed by atoms with van der Waals surface area (Å²) in [5.74, 6) is 0.618. The zero-order valence-electron chi connectivity index (χ0n) is 12.4. The lowest BCUT2D eigenvalue weighted by molar-refractivity contribution is -0.153. The van der Waals surface area contributed by atoms with E-state index in [0.29, 0.717) is 38.8 Å². The minimum atomic E-state index is -4.34. The van der Waals surface area contributed by atoms with E-state index < -0.39 is 12.8 Å². The minimum Gasteiger partial charge on any atom is -0.484 e. The summed E-state index contributed by atoms with van der Waals surface area (Å²) in [6.45, 7) is 1.74. The highest BCUT2D eigenvalue weighted by molar-refractivity contribution is 14.0. The van der Waals surface area contributed by atoms with Crippen LogP contribution in [-0.4, -0.2) is 49.9 Å². The summed E-state index contributed by atoms with van der Waals surface area (Å²) in [6.07, 6.45) is -4.34. The third-order valence-electron chi connectivity index (χ3n) is 3.08. The van der Waals surface area contributed by atoms with Gasteiger partial charge in [0.15, 0.2) is 12.6 Å². The van der Waals surface area contributed by atoms with Gasteiger partial charge < -0.3 is 20.1 Å². The molecule has 0 aromatic heterocycles. The fourth-order valence-corrected chi connectivity index (χ4v) is 1.92. The van der Waals surface area contributed by atoms with Gasteiger partial charge in [-0.2, -0.15) is 13.2 Å². The maximum absolute atomic E-state index is 12.0. The molecule has 0 bridgehead atoms. The number of aliphatic imine (C=N–C) groups is 1. The van der Waals surface area contributed by atoms with E-state index in [-0.39, 0.29) is 29.7 Å². The number of alkyl halides is 3. The van der Waals surface area contributed by atoms with Gasteiger partial charge in [-0.05, 0) is 17.7 Å². The van der Waals surface area contributed by atoms with Crippen molar-refractivity contribution in [3.05, 3.63) is 29.8 Å². The van der Waals surface area contributed by atoms with Gasteiger partial charge in [-0.25, -0.2) is 4.99 Å². The van der Waals surface area contributed by atoms with Gasteiger partial charge in [0.05, 0.1) is 19.8 Å². The summed E-state index contributed by atoms with van der Waals surface area (Å²) >= 11 is 0. The summed E-state index contributed by atoms with van der Waals surface area (Å²) in [5.41, 5.74) is 6.74. The molecule has 1 fully saturated rings. The topological polar surface area (TPSA) is 60.1 Å². The zero-order valence-corrected chi connectivity index (χ0v) is 14.7. The molecule has 2 rings (SSSR count). The SMILES string of the molecule is I.NC(=NCc1ccc(OCC(F)(F)F)cc1)N1CCOCC1. The number of ether oxygens (including phenoxy) is 2. The van der Waals surface area contributed by atoms with Gasteiger partial charge in [-0.3, -0.25) is 0 Å². The maximum atomic E-state index is 12.0. The molecule has 5 nitrogen and oxygen atoms in total. The Morgan fingerprint density at radius 3 is 2.39 bits per heavy atom. The lowest BCUT2D eigenvalue weighted by atomic mass is 10.2. The Morgan fingerprint density at radius 1 is 1.22 bits per heavy atom. The molecule has 0 saturated carbocycles. The number of benzene rings is 1. The van der Waals surface area contributed by atoms with Crippen molar-refractivity contribution < 1.29 is 22.6 Å². The Morgan fingerprint density at radius 2 is 1.83 bits per heavy atom. The van der Waals surface area contributed by atoms with Crippen molar-refractivity contribution in [3.63, 3.8) is 0 Å². The van der Waals surface area contributed by atoms with E-state index in [1.807, 2.05) is 4.90 Å². The first kappa shape index (κ1) is 19.8. The Hall–Kier alpha value is -1.23. The van der Waals surface area contributed by atoms with Gasteiger partial charge in [0.2, 0.25) is 0 Å². The summed E-state index contributed by atoms with van der Waals surface area (Å²) < 4.78 is 46.0. The standard InChI is InChI=1S/C14H18F3N3O2.HI/c15-14(16,17)10-22-12-3-1-11(2-4-12)9-19-13(18)20-5-7-21-8-6-20;/h1-4H,5-10H2,(H2,18,19);1H. The molecule has 1 aromatic carbocycles. The summed E-state index contributed by atoms with van der Waals surface area (Å²) in [5, 5.41) is 0. The van der Waals surface area contributed by atoms with Crippen LogP contribution in [0.25, 0.3) is 0 Å². The van der Waals surface area contributed by atoms with Crippen molar-refractivity contribution >= 4 is 29.9 Å². The Labute approximate surface area is 149 Å². The number of nitrogens with two attached hydrogens (primary N) is 1. The van der Waals surface area contributed by atoms with Gasteiger partial charge in [0.1, 0.15) is 5.75 Å². The average Bonchev–Trinajstić information content (AvgIpc) is 2.52. The predicted octanol–water partition coefficient (Wildman–Crippen LogP) is 2.39. The number of morpholine rings is 1. The van der Waals surface area contributed by atoms with Gasteiger partial charge in [0, 0.05) is 13.1 Å². The third-order valence-corrected chi connectivity index (χ3v) is 3.08. The molecular formula is C14H19F3IN3O2. The maximum Gasteiger partial charge on any atom is 0.422 e. The van der Waals surface area contributed by atoms with E-state index in [0.717, 1.165) is 5.56 Å². The van der Waals surface area contributed by atoms with E-state index in [2.05, 4.69) is 9.73 Å². The van der Waals surface area contributed by atoms with Crippen LogP contribution < -0.4 is 10.5 Å². The molecule has 1 aliphatic heterocycles. The highest BCUT2D eigenvalue weighted by Crippen LogP contribution is 2.19. The number of halogens is 4.